The van der Waals surface area contributed by atoms with Crippen LogP contribution in [0.25, 0.3) is 0 Å². The van der Waals surface area contributed by atoms with E-state index in [1.807, 2.05) is 0 Å². The zero-order chi connectivity index (χ0) is 13.2. The van der Waals surface area contributed by atoms with E-state index in [0.29, 0.717) is 16.9 Å². The van der Waals surface area contributed by atoms with E-state index in [9.17, 15) is 8.42 Å². The van der Waals surface area contributed by atoms with Crippen molar-refractivity contribution in [2.75, 3.05) is 19.6 Å². The van der Waals surface area contributed by atoms with Gasteiger partial charge in [0, 0.05) is 15.5 Å². The van der Waals surface area contributed by atoms with Gasteiger partial charge in [0.05, 0.1) is 4.90 Å². The molecule has 0 aromatic heterocycles. The predicted molar refractivity (Wildman–Crippen MR) is 85.3 cm³/mol. The van der Waals surface area contributed by atoms with Crippen LogP contribution in [0.2, 0.25) is 0 Å². The van der Waals surface area contributed by atoms with Gasteiger partial charge in [0.2, 0.25) is 10.0 Å². The normalized spacial score (nSPS) is 19.2. The van der Waals surface area contributed by atoms with Gasteiger partial charge in [-0.3, -0.25) is 0 Å². The van der Waals surface area contributed by atoms with Gasteiger partial charge in [0.15, 0.2) is 0 Å². The van der Waals surface area contributed by atoms with Crippen LogP contribution in [0.1, 0.15) is 6.42 Å². The Morgan fingerprint density at radius 3 is 2.68 bits per heavy atom. The Bertz CT molecular complexity index is 533. The van der Waals surface area contributed by atoms with Gasteiger partial charge in [-0.15, -0.1) is 12.4 Å². The number of hydrogen-bond acceptors (Lipinski definition) is 3. The molecule has 1 aliphatic rings. The highest BCUT2D eigenvalue weighted by molar-refractivity contribution is 9.11. The minimum absolute atomic E-state index is 0. The lowest BCUT2D eigenvalue weighted by atomic mass is 10.1. The van der Waals surface area contributed by atoms with Gasteiger partial charge < -0.3 is 5.32 Å². The summed E-state index contributed by atoms with van der Waals surface area (Å²) in [5, 5.41) is 3.22. The smallest absolute Gasteiger partial charge is 0.241 e. The number of nitrogens with one attached hydrogen (secondary N) is 2. The van der Waals surface area contributed by atoms with Crippen molar-refractivity contribution in [2.45, 2.75) is 11.3 Å². The van der Waals surface area contributed by atoms with Crippen molar-refractivity contribution in [3.8, 4) is 0 Å². The number of hydrogen-bond donors (Lipinski definition) is 2. The average Bonchev–Trinajstić information content (AvgIpc) is 2.78. The molecule has 1 aromatic carbocycles. The quantitative estimate of drug-likeness (QED) is 0.766. The second kappa shape index (κ2) is 7.38. The topological polar surface area (TPSA) is 58.2 Å². The zero-order valence-corrected chi connectivity index (χ0v) is 14.8. The molecule has 1 heterocycles. The summed E-state index contributed by atoms with van der Waals surface area (Å²) in [5.41, 5.74) is 0. The maximum Gasteiger partial charge on any atom is 0.241 e. The predicted octanol–water partition coefficient (Wildman–Crippen LogP) is 2.52. The van der Waals surface area contributed by atoms with Gasteiger partial charge in [-0.1, -0.05) is 15.9 Å². The first-order chi connectivity index (χ1) is 8.49. The fraction of sp³-hybridized carbons (Fsp3) is 0.455. The van der Waals surface area contributed by atoms with Crippen LogP contribution in [0.4, 0.5) is 0 Å². The minimum Gasteiger partial charge on any atom is -0.316 e. The molecule has 0 aliphatic carbocycles. The van der Waals surface area contributed by atoms with Crippen molar-refractivity contribution < 1.29 is 8.42 Å². The highest BCUT2D eigenvalue weighted by Gasteiger charge is 2.21. The highest BCUT2D eigenvalue weighted by Crippen LogP contribution is 2.25. The Labute approximate surface area is 136 Å². The summed E-state index contributed by atoms with van der Waals surface area (Å²) in [5.74, 6) is 0.383. The van der Waals surface area contributed by atoms with Crippen molar-refractivity contribution in [1.29, 1.82) is 0 Å². The first-order valence-electron chi connectivity index (χ1n) is 5.64. The zero-order valence-electron chi connectivity index (χ0n) is 10.0. The third kappa shape index (κ3) is 4.68. The summed E-state index contributed by atoms with van der Waals surface area (Å²) in [6.45, 7) is 2.33. The van der Waals surface area contributed by atoms with Crippen molar-refractivity contribution in [2.24, 2.45) is 5.92 Å². The first kappa shape index (κ1) is 17.4. The summed E-state index contributed by atoms with van der Waals surface area (Å²) in [6.07, 6.45) is 1.02. The molecular weight excluding hydrogens is 419 g/mol. The van der Waals surface area contributed by atoms with Crippen molar-refractivity contribution in [1.82, 2.24) is 10.0 Å². The number of halogens is 3. The lowest BCUT2D eigenvalue weighted by molar-refractivity contribution is 0.538. The Morgan fingerprint density at radius 2 is 2.11 bits per heavy atom. The van der Waals surface area contributed by atoms with Crippen LogP contribution in [-0.4, -0.2) is 28.1 Å². The van der Waals surface area contributed by atoms with Gasteiger partial charge in [-0.2, -0.15) is 0 Å². The molecular formula is C11H15Br2ClN2O2S. The third-order valence-corrected chi connectivity index (χ3v) is 5.80. The molecule has 1 unspecified atom stereocenters. The molecule has 0 bridgehead atoms. The molecule has 108 valence electrons. The maximum absolute atomic E-state index is 12.1. The van der Waals surface area contributed by atoms with Crippen LogP contribution >= 0.6 is 44.3 Å². The van der Waals surface area contributed by atoms with Gasteiger partial charge in [0.25, 0.3) is 0 Å². The second-order valence-electron chi connectivity index (χ2n) is 4.29. The summed E-state index contributed by atoms with van der Waals surface area (Å²) in [6, 6.07) is 5.03. The summed E-state index contributed by atoms with van der Waals surface area (Å²) >= 11 is 6.58. The van der Waals surface area contributed by atoms with Gasteiger partial charge in [-0.25, -0.2) is 13.1 Å². The Morgan fingerprint density at radius 1 is 1.37 bits per heavy atom. The maximum atomic E-state index is 12.1. The molecule has 2 N–H and O–H groups in total. The standard InChI is InChI=1S/C11H14Br2N2O2S.ClH/c12-9-1-2-11(10(13)5-9)18(16,17)15-7-8-3-4-14-6-8;/h1-2,5,8,14-15H,3-4,6-7H2;1H. The van der Waals surface area contributed by atoms with Crippen molar-refractivity contribution >= 4 is 54.3 Å². The number of rotatable bonds is 4. The van der Waals surface area contributed by atoms with Crippen molar-refractivity contribution in [3.05, 3.63) is 27.1 Å². The lowest BCUT2D eigenvalue weighted by Crippen LogP contribution is -2.30. The largest absolute Gasteiger partial charge is 0.316 e. The molecule has 1 aromatic rings. The number of sulfonamides is 1. The van der Waals surface area contributed by atoms with Crippen LogP contribution in [-0.2, 0) is 10.0 Å². The summed E-state index contributed by atoms with van der Waals surface area (Å²) < 4.78 is 28.4. The molecule has 1 saturated heterocycles. The molecule has 1 atom stereocenters. The lowest BCUT2D eigenvalue weighted by Gasteiger charge is -2.12. The van der Waals surface area contributed by atoms with E-state index in [1.54, 1.807) is 18.2 Å². The molecule has 0 amide bonds. The fourth-order valence-corrected chi connectivity index (χ4v) is 4.75. The fourth-order valence-electron chi connectivity index (χ4n) is 1.89. The molecule has 0 spiro atoms. The monoisotopic (exact) mass is 432 g/mol. The van der Waals surface area contributed by atoms with E-state index in [4.69, 9.17) is 0 Å². The van der Waals surface area contributed by atoms with E-state index < -0.39 is 10.0 Å². The van der Waals surface area contributed by atoms with Gasteiger partial charge >= 0.3 is 0 Å². The van der Waals surface area contributed by atoms with E-state index in [0.717, 1.165) is 24.0 Å². The van der Waals surface area contributed by atoms with Crippen LogP contribution in [0.5, 0.6) is 0 Å². The molecule has 0 saturated carbocycles. The Hall–Kier alpha value is 0.340. The van der Waals surface area contributed by atoms with E-state index in [1.165, 1.54) is 0 Å². The third-order valence-electron chi connectivity index (χ3n) is 2.91. The number of benzene rings is 1. The second-order valence-corrected chi connectivity index (χ2v) is 7.79. The first-order valence-corrected chi connectivity index (χ1v) is 8.71. The van der Waals surface area contributed by atoms with Gasteiger partial charge in [-0.05, 0) is 59.6 Å². The SMILES string of the molecule is Cl.O=S(=O)(NCC1CCNC1)c1ccc(Br)cc1Br. The molecule has 1 fully saturated rings. The molecule has 1 aliphatic heterocycles. The molecule has 4 nitrogen and oxygen atoms in total. The average molecular weight is 435 g/mol. The van der Waals surface area contributed by atoms with E-state index in [2.05, 4.69) is 41.9 Å². The van der Waals surface area contributed by atoms with Crippen LogP contribution < -0.4 is 10.0 Å². The minimum atomic E-state index is -3.44. The molecule has 0 radical (unpaired) electrons. The molecule has 19 heavy (non-hydrogen) atoms. The summed E-state index contributed by atoms with van der Waals surface area (Å²) in [7, 11) is -3.44. The highest BCUT2D eigenvalue weighted by atomic mass is 79.9. The van der Waals surface area contributed by atoms with Crippen LogP contribution in [0.3, 0.4) is 0 Å². The molecule has 8 heteroatoms. The van der Waals surface area contributed by atoms with Crippen molar-refractivity contribution in [3.63, 3.8) is 0 Å². The Kier molecular flexibility index (Phi) is 6.75. The summed E-state index contributed by atoms with van der Waals surface area (Å²) in [4.78, 5) is 0.275. The van der Waals surface area contributed by atoms with E-state index in [-0.39, 0.29) is 17.3 Å². The van der Waals surface area contributed by atoms with E-state index >= 15 is 0 Å². The van der Waals surface area contributed by atoms with Crippen LogP contribution in [0.15, 0.2) is 32.0 Å². The molecule has 2 rings (SSSR count). The van der Waals surface area contributed by atoms with Crippen LogP contribution in [0, 0.1) is 5.92 Å². The van der Waals surface area contributed by atoms with Gasteiger partial charge in [0.1, 0.15) is 0 Å². The Balaban J connectivity index is 0.00000180.